The first-order valence-corrected chi connectivity index (χ1v) is 13.5. The molecule has 3 aromatic rings. The van der Waals surface area contributed by atoms with Gasteiger partial charge in [0.1, 0.15) is 11.3 Å². The Kier molecular flexibility index (Phi) is 7.51. The highest BCUT2D eigenvalue weighted by atomic mass is 16.4. The van der Waals surface area contributed by atoms with Crippen molar-refractivity contribution in [1.82, 2.24) is 20.5 Å². The number of oxazole rings is 1. The van der Waals surface area contributed by atoms with Crippen LogP contribution in [0.3, 0.4) is 0 Å². The summed E-state index contributed by atoms with van der Waals surface area (Å²) < 4.78 is 5.84. The summed E-state index contributed by atoms with van der Waals surface area (Å²) in [5.74, 6) is 0.928. The molecule has 8 heteroatoms. The Labute approximate surface area is 224 Å². The molecule has 200 valence electrons. The van der Waals surface area contributed by atoms with Gasteiger partial charge in [0.15, 0.2) is 0 Å². The molecule has 2 aliphatic heterocycles. The summed E-state index contributed by atoms with van der Waals surface area (Å²) in [7, 11) is 0. The van der Waals surface area contributed by atoms with Gasteiger partial charge in [-0.3, -0.25) is 9.59 Å². The molecule has 0 radical (unpaired) electrons. The van der Waals surface area contributed by atoms with Gasteiger partial charge in [-0.25, -0.2) is 4.98 Å². The van der Waals surface area contributed by atoms with Crippen LogP contribution in [0.2, 0.25) is 0 Å². The van der Waals surface area contributed by atoms with Crippen LogP contribution in [0.15, 0.2) is 59.0 Å². The van der Waals surface area contributed by atoms with E-state index in [1.54, 1.807) is 0 Å². The molecule has 0 bridgehead atoms. The van der Waals surface area contributed by atoms with Crippen LogP contribution in [0.1, 0.15) is 36.8 Å². The van der Waals surface area contributed by atoms with Crippen LogP contribution in [-0.4, -0.2) is 66.0 Å². The van der Waals surface area contributed by atoms with Crippen molar-refractivity contribution in [2.75, 3.05) is 37.6 Å². The standard InChI is InChI=1S/C30H37N5O3/c1-21-8-7-11-25(18-21)35-17-16-34(20-22(35)2)29(37)30(12-14-31-15-13-30)33-27(36)19-26-23(3)38-28(32-26)24-9-5-4-6-10-24/h4-11,18,22,31H,12-17,19-20H2,1-3H3,(H,33,36). The van der Waals surface area contributed by atoms with E-state index in [4.69, 9.17) is 4.42 Å². The minimum Gasteiger partial charge on any atom is -0.441 e. The molecule has 0 spiro atoms. The molecule has 2 aliphatic rings. The Morgan fingerprint density at radius 1 is 1.08 bits per heavy atom. The Bertz CT molecular complexity index is 1280. The van der Waals surface area contributed by atoms with Gasteiger partial charge in [0.25, 0.3) is 0 Å². The van der Waals surface area contributed by atoms with Gasteiger partial charge in [-0.1, -0.05) is 30.3 Å². The molecular weight excluding hydrogens is 478 g/mol. The quantitative estimate of drug-likeness (QED) is 0.523. The topological polar surface area (TPSA) is 90.7 Å². The molecule has 3 heterocycles. The van der Waals surface area contributed by atoms with E-state index >= 15 is 0 Å². The number of hydrogen-bond acceptors (Lipinski definition) is 6. The summed E-state index contributed by atoms with van der Waals surface area (Å²) in [5.41, 5.74) is 2.97. The Hall–Kier alpha value is -3.65. The lowest BCUT2D eigenvalue weighted by Gasteiger charge is -2.46. The highest BCUT2D eigenvalue weighted by molar-refractivity contribution is 5.92. The number of rotatable bonds is 6. The molecule has 1 unspecified atom stereocenters. The largest absolute Gasteiger partial charge is 0.441 e. The van der Waals surface area contributed by atoms with Crippen molar-refractivity contribution in [3.63, 3.8) is 0 Å². The van der Waals surface area contributed by atoms with Gasteiger partial charge in [0, 0.05) is 36.9 Å². The summed E-state index contributed by atoms with van der Waals surface area (Å²) in [5, 5.41) is 6.49. The number of carbonyl (C=O) groups excluding carboxylic acids is 2. The average Bonchev–Trinajstić information content (AvgIpc) is 3.28. The van der Waals surface area contributed by atoms with Crippen LogP contribution in [-0.2, 0) is 16.0 Å². The molecular formula is C30H37N5O3. The van der Waals surface area contributed by atoms with Crippen LogP contribution in [0.25, 0.3) is 11.5 Å². The minimum atomic E-state index is -0.909. The predicted molar refractivity (Wildman–Crippen MR) is 148 cm³/mol. The fourth-order valence-electron chi connectivity index (χ4n) is 5.64. The molecule has 0 aliphatic carbocycles. The van der Waals surface area contributed by atoms with Gasteiger partial charge in [-0.15, -0.1) is 0 Å². The third-order valence-corrected chi connectivity index (χ3v) is 7.73. The van der Waals surface area contributed by atoms with E-state index in [9.17, 15) is 9.59 Å². The number of benzene rings is 2. The first kappa shape index (κ1) is 26.0. The normalized spacial score (nSPS) is 19.3. The number of hydrogen-bond donors (Lipinski definition) is 2. The fraction of sp³-hybridized carbons (Fsp3) is 0.433. The second kappa shape index (κ2) is 11.0. The SMILES string of the molecule is Cc1cccc(N2CCN(C(=O)C3(NC(=O)Cc4nc(-c5ccccc5)oc4C)CCNCC3)CC2C)c1. The Morgan fingerprint density at radius 2 is 1.84 bits per heavy atom. The van der Waals surface area contributed by atoms with Crippen molar-refractivity contribution in [1.29, 1.82) is 0 Å². The zero-order valence-corrected chi connectivity index (χ0v) is 22.5. The first-order chi connectivity index (χ1) is 18.3. The third-order valence-electron chi connectivity index (χ3n) is 7.73. The van der Waals surface area contributed by atoms with Gasteiger partial charge in [0.2, 0.25) is 17.7 Å². The summed E-state index contributed by atoms with van der Waals surface area (Å²) in [6.45, 7) is 9.47. The first-order valence-electron chi connectivity index (χ1n) is 13.5. The van der Waals surface area contributed by atoms with Gasteiger partial charge < -0.3 is 24.9 Å². The van der Waals surface area contributed by atoms with Crippen molar-refractivity contribution in [3.05, 3.63) is 71.6 Å². The highest BCUT2D eigenvalue weighted by Crippen LogP contribution is 2.27. The molecule has 8 nitrogen and oxygen atoms in total. The molecule has 38 heavy (non-hydrogen) atoms. The van der Waals surface area contributed by atoms with Crippen molar-refractivity contribution >= 4 is 17.5 Å². The number of piperazine rings is 1. The van der Waals surface area contributed by atoms with Crippen LogP contribution in [0, 0.1) is 13.8 Å². The van der Waals surface area contributed by atoms with Crippen molar-refractivity contribution in [3.8, 4) is 11.5 Å². The number of anilines is 1. The van der Waals surface area contributed by atoms with Crippen LogP contribution in [0.5, 0.6) is 0 Å². The number of aryl methyl sites for hydroxylation is 2. The predicted octanol–water partition coefficient (Wildman–Crippen LogP) is 3.48. The second-order valence-electron chi connectivity index (χ2n) is 10.6. The zero-order chi connectivity index (χ0) is 26.7. The molecule has 2 saturated heterocycles. The van der Waals surface area contributed by atoms with Crippen molar-refractivity contribution < 1.29 is 14.0 Å². The number of nitrogens with zero attached hydrogens (tertiary/aromatic N) is 3. The van der Waals surface area contributed by atoms with Crippen molar-refractivity contribution in [2.24, 2.45) is 0 Å². The summed E-state index contributed by atoms with van der Waals surface area (Å²) in [6, 6.07) is 18.3. The maximum Gasteiger partial charge on any atom is 0.248 e. The molecule has 2 N–H and O–H groups in total. The Balaban J connectivity index is 1.28. The van der Waals surface area contributed by atoms with Gasteiger partial charge >= 0.3 is 0 Å². The molecule has 2 fully saturated rings. The van der Waals surface area contributed by atoms with E-state index in [-0.39, 0.29) is 24.3 Å². The van der Waals surface area contributed by atoms with E-state index in [0.29, 0.717) is 56.4 Å². The fourth-order valence-corrected chi connectivity index (χ4v) is 5.64. The van der Waals surface area contributed by atoms with E-state index in [1.807, 2.05) is 42.2 Å². The molecule has 2 amide bonds. The maximum absolute atomic E-state index is 14.0. The lowest BCUT2D eigenvalue weighted by atomic mass is 9.86. The van der Waals surface area contributed by atoms with E-state index in [0.717, 1.165) is 12.1 Å². The third kappa shape index (κ3) is 5.45. The summed E-state index contributed by atoms with van der Waals surface area (Å²) >= 11 is 0. The smallest absolute Gasteiger partial charge is 0.248 e. The molecule has 0 saturated carbocycles. The van der Waals surface area contributed by atoms with Gasteiger partial charge in [0.05, 0.1) is 12.1 Å². The molecule has 1 atom stereocenters. The van der Waals surface area contributed by atoms with Crippen molar-refractivity contribution in [2.45, 2.75) is 51.6 Å². The number of amides is 2. The Morgan fingerprint density at radius 3 is 2.55 bits per heavy atom. The van der Waals surface area contributed by atoms with Crippen LogP contribution in [0.4, 0.5) is 5.69 Å². The molecule has 1 aromatic heterocycles. The lowest BCUT2D eigenvalue weighted by molar-refractivity contribution is -0.143. The highest BCUT2D eigenvalue weighted by Gasteiger charge is 2.44. The van der Waals surface area contributed by atoms with Crippen LogP contribution >= 0.6 is 0 Å². The number of nitrogens with one attached hydrogen (secondary N) is 2. The monoisotopic (exact) mass is 515 g/mol. The minimum absolute atomic E-state index is 0.0185. The number of carbonyl (C=O) groups is 2. The summed E-state index contributed by atoms with van der Waals surface area (Å²) in [4.78, 5) is 36.2. The molecule has 5 rings (SSSR count). The van der Waals surface area contributed by atoms with Gasteiger partial charge in [-0.2, -0.15) is 0 Å². The van der Waals surface area contributed by atoms with E-state index < -0.39 is 5.54 Å². The number of aromatic nitrogens is 1. The second-order valence-corrected chi connectivity index (χ2v) is 10.6. The number of piperidine rings is 1. The zero-order valence-electron chi connectivity index (χ0n) is 22.5. The average molecular weight is 516 g/mol. The van der Waals surface area contributed by atoms with Crippen LogP contribution < -0.4 is 15.5 Å². The van der Waals surface area contributed by atoms with E-state index in [1.165, 1.54) is 11.3 Å². The van der Waals surface area contributed by atoms with E-state index in [2.05, 4.69) is 58.6 Å². The van der Waals surface area contributed by atoms with Gasteiger partial charge in [-0.05, 0) is 76.5 Å². The lowest BCUT2D eigenvalue weighted by Crippen LogP contribution is -2.66. The molecule has 2 aromatic carbocycles. The summed E-state index contributed by atoms with van der Waals surface area (Å²) in [6.07, 6.45) is 1.20. The maximum atomic E-state index is 14.0.